The van der Waals surface area contributed by atoms with Gasteiger partial charge in [0.15, 0.2) is 17.3 Å². The van der Waals surface area contributed by atoms with Crippen LogP contribution in [-0.4, -0.2) is 17.3 Å². The van der Waals surface area contributed by atoms with Crippen molar-refractivity contribution in [2.75, 3.05) is 0 Å². The number of hydrogen-bond acceptors (Lipinski definition) is 3. The van der Waals surface area contributed by atoms with E-state index >= 15 is 0 Å². The van der Waals surface area contributed by atoms with Crippen LogP contribution in [0.3, 0.4) is 0 Å². The van der Waals surface area contributed by atoms with Crippen LogP contribution >= 0.6 is 0 Å². The molecule has 0 aliphatic rings. The first-order valence-electron chi connectivity index (χ1n) is 7.58. The zero-order valence-electron chi connectivity index (χ0n) is 14.1. The Labute approximate surface area is 137 Å². The maximum absolute atomic E-state index is 11.0. The molecule has 0 saturated carbocycles. The number of ketones is 3. The van der Waals surface area contributed by atoms with Gasteiger partial charge in [0, 0.05) is 16.7 Å². The molecule has 3 nitrogen and oxygen atoms in total. The minimum atomic E-state index is -0.0687. The topological polar surface area (TPSA) is 51.2 Å². The van der Waals surface area contributed by atoms with Crippen LogP contribution < -0.4 is 0 Å². The Balaban J connectivity index is 0.000000231. The molecule has 0 saturated heterocycles. The Morgan fingerprint density at radius 3 is 1.30 bits per heavy atom. The summed E-state index contributed by atoms with van der Waals surface area (Å²) in [5, 5.41) is 0. The third-order valence-corrected chi connectivity index (χ3v) is 3.46. The molecule has 0 atom stereocenters. The summed E-state index contributed by atoms with van der Waals surface area (Å²) in [7, 11) is 0. The molecule has 0 aliphatic carbocycles. The average Bonchev–Trinajstić information content (AvgIpc) is 2.55. The predicted octanol–water partition coefficient (Wildman–Crippen LogP) is 4.54. The Kier molecular flexibility index (Phi) is 7.07. The van der Waals surface area contributed by atoms with Crippen LogP contribution in [0.15, 0.2) is 48.5 Å². The minimum absolute atomic E-state index is 0.0687. The van der Waals surface area contributed by atoms with Gasteiger partial charge in [-0.1, -0.05) is 55.5 Å². The monoisotopic (exact) mass is 310 g/mol. The molecule has 0 heterocycles. The largest absolute Gasteiger partial charge is 0.295 e. The van der Waals surface area contributed by atoms with Gasteiger partial charge < -0.3 is 0 Å². The molecule has 2 rings (SSSR count). The Morgan fingerprint density at radius 1 is 0.652 bits per heavy atom. The molecule has 2 aromatic carbocycles. The highest BCUT2D eigenvalue weighted by molar-refractivity contribution is 6.07. The number of aryl methyl sites for hydroxylation is 1. The molecule has 2 aromatic rings. The fraction of sp³-hybridized carbons (Fsp3) is 0.250. The van der Waals surface area contributed by atoms with Crippen molar-refractivity contribution in [3.05, 3.63) is 70.8 Å². The molecule has 0 N–H and O–H groups in total. The normalized spacial score (nSPS) is 9.57. The summed E-state index contributed by atoms with van der Waals surface area (Å²) in [6, 6.07) is 14.6. The number of Topliss-reactive ketones (excluding diaryl/α,β-unsaturated/α-hetero) is 3. The summed E-state index contributed by atoms with van der Waals surface area (Å²) in [5.41, 5.74) is 3.00. The van der Waals surface area contributed by atoms with E-state index in [0.29, 0.717) is 11.1 Å². The number of carbonyl (C=O) groups is 3. The van der Waals surface area contributed by atoms with Crippen molar-refractivity contribution < 1.29 is 14.4 Å². The van der Waals surface area contributed by atoms with Crippen molar-refractivity contribution in [3.8, 4) is 0 Å². The molecular formula is C20H22O3. The molecule has 23 heavy (non-hydrogen) atoms. The van der Waals surface area contributed by atoms with Gasteiger partial charge >= 0.3 is 0 Å². The van der Waals surface area contributed by atoms with Crippen molar-refractivity contribution in [1.29, 1.82) is 0 Å². The van der Waals surface area contributed by atoms with Crippen molar-refractivity contribution in [1.82, 2.24) is 0 Å². The molecular weight excluding hydrogens is 288 g/mol. The van der Waals surface area contributed by atoms with Crippen LogP contribution in [0.2, 0.25) is 0 Å². The highest BCUT2D eigenvalue weighted by atomic mass is 16.1. The molecule has 0 unspecified atom stereocenters. The number of benzene rings is 2. The standard InChI is InChI=1S/C10H10O2.C10H12O/c1-7(11)9-5-3-4-6-10(9)8(2)12;1-3-9-6-4-5-7-10(9)8(2)11/h3-6H,1-2H3;4-7H,3H2,1-2H3. The van der Waals surface area contributed by atoms with E-state index in [1.807, 2.05) is 24.3 Å². The lowest BCUT2D eigenvalue weighted by molar-refractivity contribution is 0.0981. The van der Waals surface area contributed by atoms with Crippen LogP contribution in [0, 0.1) is 0 Å². The van der Waals surface area contributed by atoms with Gasteiger partial charge in [0.05, 0.1) is 0 Å². The van der Waals surface area contributed by atoms with Crippen LogP contribution in [0.25, 0.3) is 0 Å². The maximum Gasteiger partial charge on any atom is 0.160 e. The summed E-state index contributed by atoms with van der Waals surface area (Å²) in [6.07, 6.45) is 0.926. The number of carbonyl (C=O) groups excluding carboxylic acids is 3. The summed E-state index contributed by atoms with van der Waals surface area (Å²) in [6.45, 7) is 6.58. The molecule has 0 radical (unpaired) electrons. The molecule has 0 amide bonds. The van der Waals surface area contributed by atoms with E-state index in [9.17, 15) is 14.4 Å². The second-order valence-corrected chi connectivity index (χ2v) is 5.22. The zero-order chi connectivity index (χ0) is 17.4. The lowest BCUT2D eigenvalue weighted by Gasteiger charge is -2.01. The second-order valence-electron chi connectivity index (χ2n) is 5.22. The summed E-state index contributed by atoms with van der Waals surface area (Å²) < 4.78 is 0. The highest BCUT2D eigenvalue weighted by Crippen LogP contribution is 2.10. The van der Waals surface area contributed by atoms with Gasteiger partial charge in [0.1, 0.15) is 0 Å². The predicted molar refractivity (Wildman–Crippen MR) is 92.3 cm³/mol. The SMILES string of the molecule is CC(=O)c1ccccc1C(C)=O.CCc1ccccc1C(C)=O. The molecule has 0 fully saturated rings. The van der Waals surface area contributed by atoms with Crippen molar-refractivity contribution in [2.45, 2.75) is 34.1 Å². The average molecular weight is 310 g/mol. The number of hydrogen-bond donors (Lipinski definition) is 0. The molecule has 0 spiro atoms. The first-order chi connectivity index (χ1) is 10.9. The van der Waals surface area contributed by atoms with E-state index in [4.69, 9.17) is 0 Å². The van der Waals surface area contributed by atoms with Gasteiger partial charge in [0.25, 0.3) is 0 Å². The molecule has 0 aliphatic heterocycles. The Hall–Kier alpha value is -2.55. The minimum Gasteiger partial charge on any atom is -0.295 e. The maximum atomic E-state index is 11.0. The molecule has 3 heteroatoms. The van der Waals surface area contributed by atoms with Crippen LogP contribution in [0.4, 0.5) is 0 Å². The highest BCUT2D eigenvalue weighted by Gasteiger charge is 2.08. The molecule has 0 aromatic heterocycles. The van der Waals surface area contributed by atoms with Gasteiger partial charge in [-0.3, -0.25) is 14.4 Å². The van der Waals surface area contributed by atoms with Crippen LogP contribution in [0.1, 0.15) is 64.3 Å². The van der Waals surface area contributed by atoms with E-state index < -0.39 is 0 Å². The Bertz CT molecular complexity index is 681. The van der Waals surface area contributed by atoms with E-state index in [-0.39, 0.29) is 17.3 Å². The zero-order valence-corrected chi connectivity index (χ0v) is 14.1. The van der Waals surface area contributed by atoms with Gasteiger partial charge in [-0.05, 0) is 32.8 Å². The van der Waals surface area contributed by atoms with Gasteiger partial charge in [0.2, 0.25) is 0 Å². The van der Waals surface area contributed by atoms with Crippen molar-refractivity contribution >= 4 is 17.3 Å². The summed E-state index contributed by atoms with van der Waals surface area (Å²) >= 11 is 0. The molecule has 120 valence electrons. The molecule has 0 bridgehead atoms. The van der Waals surface area contributed by atoms with E-state index in [1.54, 1.807) is 31.2 Å². The third-order valence-electron chi connectivity index (χ3n) is 3.46. The lowest BCUT2D eigenvalue weighted by atomic mass is 10.0. The summed E-state index contributed by atoms with van der Waals surface area (Å²) in [5.74, 6) is 0.0176. The van der Waals surface area contributed by atoms with E-state index in [0.717, 1.165) is 17.5 Å². The fourth-order valence-corrected chi connectivity index (χ4v) is 2.27. The van der Waals surface area contributed by atoms with E-state index in [2.05, 4.69) is 6.92 Å². The second kappa shape index (κ2) is 8.79. The van der Waals surface area contributed by atoms with Gasteiger partial charge in [-0.15, -0.1) is 0 Å². The van der Waals surface area contributed by atoms with E-state index in [1.165, 1.54) is 13.8 Å². The number of rotatable bonds is 4. The first-order valence-corrected chi connectivity index (χ1v) is 7.58. The van der Waals surface area contributed by atoms with Crippen LogP contribution in [0.5, 0.6) is 0 Å². The Morgan fingerprint density at radius 2 is 1.00 bits per heavy atom. The lowest BCUT2D eigenvalue weighted by Crippen LogP contribution is -2.02. The van der Waals surface area contributed by atoms with Crippen molar-refractivity contribution in [3.63, 3.8) is 0 Å². The summed E-state index contributed by atoms with van der Waals surface area (Å²) in [4.78, 5) is 33.1. The third kappa shape index (κ3) is 5.29. The first kappa shape index (κ1) is 18.5. The van der Waals surface area contributed by atoms with Gasteiger partial charge in [-0.2, -0.15) is 0 Å². The fourth-order valence-electron chi connectivity index (χ4n) is 2.27. The smallest absolute Gasteiger partial charge is 0.160 e. The van der Waals surface area contributed by atoms with Gasteiger partial charge in [-0.25, -0.2) is 0 Å². The van der Waals surface area contributed by atoms with Crippen molar-refractivity contribution in [2.24, 2.45) is 0 Å². The van der Waals surface area contributed by atoms with Crippen LogP contribution in [-0.2, 0) is 6.42 Å². The quantitative estimate of drug-likeness (QED) is 0.779.